The second-order valence-electron chi connectivity index (χ2n) is 6.75. The van der Waals surface area contributed by atoms with Crippen molar-refractivity contribution in [3.05, 3.63) is 59.7 Å². The number of nitrogens with zero attached hydrogens (tertiary/aromatic N) is 1. The third kappa shape index (κ3) is 5.04. The summed E-state index contributed by atoms with van der Waals surface area (Å²) >= 11 is 1.38. The van der Waals surface area contributed by atoms with E-state index in [4.69, 9.17) is 0 Å². The number of aromatic nitrogens is 1. The number of carbonyl (C=O) groups excluding carboxylic acids is 2. The average Bonchev–Trinajstić information content (AvgIpc) is 3.08. The zero-order chi connectivity index (χ0) is 20.1. The Morgan fingerprint density at radius 1 is 1.11 bits per heavy atom. The minimum atomic E-state index is -0.198. The number of hydrogen-bond donors (Lipinski definition) is 2. The van der Waals surface area contributed by atoms with Crippen molar-refractivity contribution >= 4 is 50.3 Å². The third-order valence-electron chi connectivity index (χ3n) is 4.25. The first-order valence-corrected chi connectivity index (χ1v) is 10.1. The molecule has 0 spiro atoms. The maximum Gasteiger partial charge on any atom is 0.248 e. The Balaban J connectivity index is 1.66. The largest absolute Gasteiger partial charge is 0.322 e. The number of hydrogen-bond acceptors (Lipinski definition) is 4. The summed E-state index contributed by atoms with van der Waals surface area (Å²) in [6.45, 7) is 6.10. The highest BCUT2D eigenvalue weighted by Crippen LogP contribution is 2.28. The van der Waals surface area contributed by atoms with Gasteiger partial charge in [0.25, 0.3) is 0 Å². The molecule has 0 unspecified atom stereocenters. The molecule has 0 aliphatic heterocycles. The molecule has 0 saturated heterocycles. The molecule has 1 heterocycles. The number of benzene rings is 2. The van der Waals surface area contributed by atoms with E-state index in [-0.39, 0.29) is 11.8 Å². The Morgan fingerprint density at radius 2 is 1.86 bits per heavy atom. The molecule has 0 atom stereocenters. The lowest BCUT2D eigenvalue weighted by atomic mass is 10.0. The van der Waals surface area contributed by atoms with E-state index in [9.17, 15) is 9.59 Å². The Morgan fingerprint density at radius 3 is 2.54 bits per heavy atom. The molecule has 2 amide bonds. The molecule has 0 radical (unpaired) electrons. The molecule has 3 rings (SSSR count). The van der Waals surface area contributed by atoms with Crippen LogP contribution >= 0.6 is 11.3 Å². The van der Waals surface area contributed by atoms with Gasteiger partial charge in [-0.1, -0.05) is 56.4 Å². The molecular formula is C22H23N3O2S. The molecule has 0 fully saturated rings. The van der Waals surface area contributed by atoms with Crippen LogP contribution in [0.25, 0.3) is 16.3 Å². The smallest absolute Gasteiger partial charge is 0.248 e. The monoisotopic (exact) mass is 393 g/mol. The second kappa shape index (κ2) is 8.80. The highest BCUT2D eigenvalue weighted by Gasteiger charge is 2.08. The summed E-state index contributed by atoms with van der Waals surface area (Å²) in [5.41, 5.74) is 3.73. The van der Waals surface area contributed by atoms with Crippen molar-refractivity contribution in [2.24, 2.45) is 0 Å². The van der Waals surface area contributed by atoms with Crippen LogP contribution in [0.2, 0.25) is 0 Å². The van der Waals surface area contributed by atoms with E-state index in [1.807, 2.05) is 24.3 Å². The molecule has 6 heteroatoms. The van der Waals surface area contributed by atoms with Crippen molar-refractivity contribution in [1.82, 2.24) is 4.98 Å². The van der Waals surface area contributed by atoms with Gasteiger partial charge in [-0.2, -0.15) is 0 Å². The molecule has 0 bridgehead atoms. The minimum absolute atomic E-state index is 0.0702. The fourth-order valence-corrected chi connectivity index (χ4v) is 3.53. The zero-order valence-corrected chi connectivity index (χ0v) is 17.0. The van der Waals surface area contributed by atoms with Crippen LogP contribution in [0.1, 0.15) is 44.2 Å². The number of carbonyl (C=O) groups is 2. The second-order valence-corrected chi connectivity index (χ2v) is 7.78. The van der Waals surface area contributed by atoms with Gasteiger partial charge in [0.15, 0.2) is 5.13 Å². The molecule has 1 aromatic heterocycles. The lowest BCUT2D eigenvalue weighted by molar-refractivity contribution is -0.116. The van der Waals surface area contributed by atoms with Crippen LogP contribution in [0.5, 0.6) is 0 Å². The summed E-state index contributed by atoms with van der Waals surface area (Å²) < 4.78 is 0.900. The predicted octanol–water partition coefficient (Wildman–Crippen LogP) is 5.42. The molecule has 2 N–H and O–H groups in total. The van der Waals surface area contributed by atoms with Crippen LogP contribution in [0.15, 0.2) is 48.5 Å². The molecular weight excluding hydrogens is 370 g/mol. The molecule has 5 nitrogen and oxygen atoms in total. The maximum atomic E-state index is 12.2. The van der Waals surface area contributed by atoms with Gasteiger partial charge in [-0.3, -0.25) is 9.59 Å². The van der Waals surface area contributed by atoms with Crippen LogP contribution in [-0.2, 0) is 9.59 Å². The first kappa shape index (κ1) is 19.8. The third-order valence-corrected chi connectivity index (χ3v) is 5.19. The van der Waals surface area contributed by atoms with Gasteiger partial charge in [0.05, 0.1) is 10.2 Å². The quantitative estimate of drug-likeness (QED) is 0.549. The van der Waals surface area contributed by atoms with Crippen molar-refractivity contribution in [2.75, 3.05) is 10.6 Å². The zero-order valence-electron chi connectivity index (χ0n) is 16.2. The average molecular weight is 394 g/mol. The van der Waals surface area contributed by atoms with Crippen molar-refractivity contribution < 1.29 is 9.59 Å². The standard InChI is InChI=1S/C22H23N3O2S/c1-4-20(26)25-22-24-18-11-10-17(13-19(18)28-22)23-21(27)12-7-15-5-8-16(9-6-15)14(2)3/h5-14H,4H2,1-3H3,(H,23,27)(H,24,25,26)/b12-7+. The number of amides is 2. The van der Waals surface area contributed by atoms with Crippen molar-refractivity contribution in [3.8, 4) is 0 Å². The van der Waals surface area contributed by atoms with E-state index in [1.165, 1.54) is 23.0 Å². The van der Waals surface area contributed by atoms with Gasteiger partial charge in [0, 0.05) is 18.2 Å². The number of nitrogens with one attached hydrogen (secondary N) is 2. The first-order valence-electron chi connectivity index (χ1n) is 9.24. The summed E-state index contributed by atoms with van der Waals surface area (Å²) in [6, 6.07) is 13.7. The van der Waals surface area contributed by atoms with E-state index in [0.717, 1.165) is 15.8 Å². The van der Waals surface area contributed by atoms with Gasteiger partial charge in [0.2, 0.25) is 11.8 Å². The molecule has 144 valence electrons. The molecule has 2 aromatic carbocycles. The van der Waals surface area contributed by atoms with E-state index < -0.39 is 0 Å². The Bertz CT molecular complexity index is 1020. The molecule has 28 heavy (non-hydrogen) atoms. The van der Waals surface area contributed by atoms with Crippen molar-refractivity contribution in [2.45, 2.75) is 33.1 Å². The summed E-state index contributed by atoms with van der Waals surface area (Å²) in [5.74, 6) is 0.217. The number of anilines is 2. The topological polar surface area (TPSA) is 71.1 Å². The molecule has 0 aliphatic rings. The fourth-order valence-electron chi connectivity index (χ4n) is 2.61. The lowest BCUT2D eigenvalue weighted by Gasteiger charge is -2.05. The number of thiazole rings is 1. The highest BCUT2D eigenvalue weighted by atomic mass is 32.1. The van der Waals surface area contributed by atoms with Crippen LogP contribution in [0.4, 0.5) is 10.8 Å². The summed E-state index contributed by atoms with van der Waals surface area (Å²) in [5, 5.41) is 6.19. The SMILES string of the molecule is CCC(=O)Nc1nc2ccc(NC(=O)/C=C/c3ccc(C(C)C)cc3)cc2s1. The fraction of sp³-hybridized carbons (Fsp3) is 0.227. The van der Waals surface area contributed by atoms with Gasteiger partial charge in [-0.15, -0.1) is 0 Å². The van der Waals surface area contributed by atoms with Crippen LogP contribution < -0.4 is 10.6 Å². The maximum absolute atomic E-state index is 12.2. The van der Waals surface area contributed by atoms with Gasteiger partial charge in [0.1, 0.15) is 0 Å². The summed E-state index contributed by atoms with van der Waals surface area (Å²) in [6.07, 6.45) is 3.72. The lowest BCUT2D eigenvalue weighted by Crippen LogP contribution is -2.08. The molecule has 3 aromatic rings. The van der Waals surface area contributed by atoms with Gasteiger partial charge < -0.3 is 10.6 Å². The molecule has 0 saturated carbocycles. The Hall–Kier alpha value is -2.99. The normalized spacial score (nSPS) is 11.3. The van der Waals surface area contributed by atoms with Crippen LogP contribution in [-0.4, -0.2) is 16.8 Å². The highest BCUT2D eigenvalue weighted by molar-refractivity contribution is 7.22. The van der Waals surface area contributed by atoms with Gasteiger partial charge in [-0.05, 0) is 41.3 Å². The minimum Gasteiger partial charge on any atom is -0.322 e. The number of fused-ring (bicyclic) bond motifs is 1. The summed E-state index contributed by atoms with van der Waals surface area (Å²) in [4.78, 5) is 28.1. The van der Waals surface area contributed by atoms with Gasteiger partial charge >= 0.3 is 0 Å². The van der Waals surface area contributed by atoms with Crippen LogP contribution in [0.3, 0.4) is 0 Å². The molecule has 0 aliphatic carbocycles. The summed E-state index contributed by atoms with van der Waals surface area (Å²) in [7, 11) is 0. The van der Waals surface area contributed by atoms with E-state index >= 15 is 0 Å². The van der Waals surface area contributed by atoms with Crippen LogP contribution in [0, 0.1) is 0 Å². The number of rotatable bonds is 6. The Labute approximate surface area is 168 Å². The van der Waals surface area contributed by atoms with E-state index in [0.29, 0.717) is 23.2 Å². The predicted molar refractivity (Wildman–Crippen MR) is 117 cm³/mol. The Kier molecular flexibility index (Phi) is 6.21. The van der Waals surface area contributed by atoms with Crippen molar-refractivity contribution in [1.29, 1.82) is 0 Å². The van der Waals surface area contributed by atoms with E-state index in [1.54, 1.807) is 19.1 Å². The van der Waals surface area contributed by atoms with Crippen molar-refractivity contribution in [3.63, 3.8) is 0 Å². The van der Waals surface area contributed by atoms with E-state index in [2.05, 4.69) is 41.6 Å². The first-order chi connectivity index (χ1) is 13.4. The van der Waals surface area contributed by atoms with Gasteiger partial charge in [-0.25, -0.2) is 4.98 Å².